The molecule has 1 heterocycles. The van der Waals surface area contributed by atoms with Crippen molar-refractivity contribution in [3.8, 4) is 0 Å². The topological polar surface area (TPSA) is 29.1 Å². The van der Waals surface area contributed by atoms with Crippen LogP contribution in [0.4, 0.5) is 0 Å². The van der Waals surface area contributed by atoms with Gasteiger partial charge in [0.2, 0.25) is 5.91 Å². The minimum Gasteiger partial charge on any atom is -0.353 e. The van der Waals surface area contributed by atoms with E-state index in [9.17, 15) is 4.79 Å². The van der Waals surface area contributed by atoms with Gasteiger partial charge >= 0.3 is 0 Å². The Kier molecular flexibility index (Phi) is 5.88. The van der Waals surface area contributed by atoms with Crippen molar-refractivity contribution in [3.63, 3.8) is 0 Å². The quantitative estimate of drug-likeness (QED) is 0.537. The van der Waals surface area contributed by atoms with Crippen molar-refractivity contribution in [2.24, 2.45) is 52.3 Å². The molecule has 1 amide bonds. The standard InChI is InChI=1S/C27H47NO/c1-17(2)8-7-9-18(3)20-10-11-21-25-19(4)16-23-27(6,15-13-24(29)28-23)22(25)12-14-26(20,21)5/h17-23,25H,7-16H2,1-6H3,(H,28,29)/t18?,19?,20?,21?,22?,23?,25?,26-,27?/m1/s1. The monoisotopic (exact) mass is 401 g/mol. The molecule has 4 aliphatic rings. The van der Waals surface area contributed by atoms with E-state index in [-0.39, 0.29) is 0 Å². The molecule has 1 N–H and O–H groups in total. The number of hydrogen-bond donors (Lipinski definition) is 1. The van der Waals surface area contributed by atoms with Gasteiger partial charge in [0.1, 0.15) is 0 Å². The zero-order valence-corrected chi connectivity index (χ0v) is 20.1. The number of carbonyl (C=O) groups is 1. The third-order valence-corrected chi connectivity index (χ3v) is 10.7. The Morgan fingerprint density at radius 2 is 1.72 bits per heavy atom. The Morgan fingerprint density at radius 3 is 2.45 bits per heavy atom. The van der Waals surface area contributed by atoms with Crippen LogP contribution >= 0.6 is 0 Å². The van der Waals surface area contributed by atoms with E-state index in [2.05, 4.69) is 46.9 Å². The fourth-order valence-electron chi connectivity index (χ4n) is 9.07. The molecule has 0 bridgehead atoms. The molecule has 2 nitrogen and oxygen atoms in total. The summed E-state index contributed by atoms with van der Waals surface area (Å²) in [5, 5.41) is 3.41. The number of nitrogens with one attached hydrogen (secondary N) is 1. The van der Waals surface area contributed by atoms with Crippen molar-refractivity contribution in [2.45, 2.75) is 112 Å². The highest BCUT2D eigenvalue weighted by atomic mass is 16.1. The molecular formula is C27H47NO. The van der Waals surface area contributed by atoms with Gasteiger partial charge in [0.15, 0.2) is 0 Å². The summed E-state index contributed by atoms with van der Waals surface area (Å²) >= 11 is 0. The molecule has 2 heteroatoms. The lowest BCUT2D eigenvalue weighted by Gasteiger charge is -2.62. The molecule has 9 atom stereocenters. The predicted octanol–water partition coefficient (Wildman–Crippen LogP) is 6.83. The Labute approximate surface area is 180 Å². The van der Waals surface area contributed by atoms with E-state index in [0.717, 1.165) is 54.3 Å². The maximum absolute atomic E-state index is 12.1. The highest BCUT2D eigenvalue weighted by molar-refractivity contribution is 5.77. The van der Waals surface area contributed by atoms with Gasteiger partial charge in [0.25, 0.3) is 0 Å². The minimum absolute atomic E-state index is 0.301. The van der Waals surface area contributed by atoms with E-state index in [1.54, 1.807) is 0 Å². The fourth-order valence-corrected chi connectivity index (χ4v) is 9.07. The molecule has 166 valence electrons. The summed E-state index contributed by atoms with van der Waals surface area (Å²) in [6.07, 6.45) is 13.1. The molecule has 4 rings (SSSR count). The largest absolute Gasteiger partial charge is 0.353 e. The van der Waals surface area contributed by atoms with Gasteiger partial charge in [-0.05, 0) is 90.8 Å². The van der Waals surface area contributed by atoms with Crippen LogP contribution in [0.1, 0.15) is 106 Å². The second-order valence-electron chi connectivity index (χ2n) is 12.7. The molecule has 4 fully saturated rings. The Bertz CT molecular complexity index is 614. The molecule has 8 unspecified atom stereocenters. The first-order chi connectivity index (χ1) is 13.7. The van der Waals surface area contributed by atoms with E-state index in [1.807, 2.05) is 0 Å². The molecule has 0 radical (unpaired) electrons. The summed E-state index contributed by atoms with van der Waals surface area (Å²) in [4.78, 5) is 12.1. The predicted molar refractivity (Wildman–Crippen MR) is 121 cm³/mol. The lowest BCUT2D eigenvalue weighted by atomic mass is 9.44. The normalized spacial score (nSPS) is 47.9. The van der Waals surface area contributed by atoms with E-state index in [4.69, 9.17) is 0 Å². The van der Waals surface area contributed by atoms with Gasteiger partial charge in [0, 0.05) is 12.5 Å². The van der Waals surface area contributed by atoms with Gasteiger partial charge < -0.3 is 5.32 Å². The average molecular weight is 402 g/mol. The van der Waals surface area contributed by atoms with E-state index in [0.29, 0.717) is 22.8 Å². The maximum Gasteiger partial charge on any atom is 0.220 e. The number of fused-ring (bicyclic) bond motifs is 5. The zero-order valence-electron chi connectivity index (χ0n) is 20.1. The number of carbonyl (C=O) groups excluding carboxylic acids is 1. The van der Waals surface area contributed by atoms with Crippen LogP contribution in [0.25, 0.3) is 0 Å². The molecule has 0 aromatic rings. The number of rotatable bonds is 5. The van der Waals surface area contributed by atoms with Crippen molar-refractivity contribution >= 4 is 5.91 Å². The van der Waals surface area contributed by atoms with Gasteiger partial charge in [-0.2, -0.15) is 0 Å². The lowest BCUT2D eigenvalue weighted by molar-refractivity contribution is -0.144. The van der Waals surface area contributed by atoms with Gasteiger partial charge in [-0.3, -0.25) is 4.79 Å². The second-order valence-corrected chi connectivity index (χ2v) is 12.7. The van der Waals surface area contributed by atoms with Crippen molar-refractivity contribution in [2.75, 3.05) is 0 Å². The second kappa shape index (κ2) is 7.86. The summed E-state index contributed by atoms with van der Waals surface area (Å²) in [5.41, 5.74) is 0.904. The third-order valence-electron chi connectivity index (χ3n) is 10.7. The summed E-state index contributed by atoms with van der Waals surface area (Å²) in [5.74, 6) is 6.36. The molecule has 1 aliphatic heterocycles. The highest BCUT2D eigenvalue weighted by Crippen LogP contribution is 2.67. The molecule has 0 spiro atoms. The van der Waals surface area contributed by atoms with Gasteiger partial charge in [-0.15, -0.1) is 0 Å². The van der Waals surface area contributed by atoms with Gasteiger partial charge in [0.05, 0.1) is 0 Å². The molecule has 3 aliphatic carbocycles. The summed E-state index contributed by atoms with van der Waals surface area (Å²) in [6, 6.07) is 0.427. The Balaban J connectivity index is 1.51. The minimum atomic E-state index is 0.301. The van der Waals surface area contributed by atoms with Crippen molar-refractivity contribution in [1.82, 2.24) is 5.32 Å². The highest BCUT2D eigenvalue weighted by Gasteiger charge is 2.62. The van der Waals surface area contributed by atoms with Crippen LogP contribution in [-0.4, -0.2) is 11.9 Å². The van der Waals surface area contributed by atoms with Crippen LogP contribution < -0.4 is 5.32 Å². The molecule has 29 heavy (non-hydrogen) atoms. The summed E-state index contributed by atoms with van der Waals surface area (Å²) in [6.45, 7) is 15.0. The van der Waals surface area contributed by atoms with Crippen LogP contribution in [0.3, 0.4) is 0 Å². The molecular weight excluding hydrogens is 354 g/mol. The third kappa shape index (κ3) is 3.59. The number of piperidine rings is 1. The van der Waals surface area contributed by atoms with E-state index < -0.39 is 0 Å². The maximum atomic E-state index is 12.1. The van der Waals surface area contributed by atoms with Crippen LogP contribution in [-0.2, 0) is 4.79 Å². The first-order valence-electron chi connectivity index (χ1n) is 13.0. The number of hydrogen-bond acceptors (Lipinski definition) is 1. The van der Waals surface area contributed by atoms with E-state index >= 15 is 0 Å². The first-order valence-corrected chi connectivity index (χ1v) is 13.0. The summed E-state index contributed by atoms with van der Waals surface area (Å²) in [7, 11) is 0. The zero-order chi connectivity index (χ0) is 21.0. The fraction of sp³-hybridized carbons (Fsp3) is 0.963. The smallest absolute Gasteiger partial charge is 0.220 e. The average Bonchev–Trinajstić information content (AvgIpc) is 3.00. The SMILES string of the molecule is CC(C)CCCC(C)C1CCC2C3C(C)CC4NC(=O)CCC4(C)C3CC[C@]12C. The van der Waals surface area contributed by atoms with Crippen molar-refractivity contribution < 1.29 is 4.79 Å². The van der Waals surface area contributed by atoms with Gasteiger partial charge in [-0.1, -0.05) is 60.8 Å². The van der Waals surface area contributed by atoms with Crippen LogP contribution in [0, 0.1) is 52.3 Å². The van der Waals surface area contributed by atoms with Crippen LogP contribution in [0.15, 0.2) is 0 Å². The Morgan fingerprint density at radius 1 is 1.00 bits per heavy atom. The molecule has 0 aromatic carbocycles. The molecule has 1 saturated heterocycles. The van der Waals surface area contributed by atoms with E-state index in [1.165, 1.54) is 51.4 Å². The summed E-state index contributed by atoms with van der Waals surface area (Å²) < 4.78 is 0. The van der Waals surface area contributed by atoms with Crippen LogP contribution in [0.2, 0.25) is 0 Å². The Hall–Kier alpha value is -0.530. The van der Waals surface area contributed by atoms with Crippen LogP contribution in [0.5, 0.6) is 0 Å². The number of amides is 1. The van der Waals surface area contributed by atoms with Crippen molar-refractivity contribution in [3.05, 3.63) is 0 Å². The molecule has 0 aromatic heterocycles. The van der Waals surface area contributed by atoms with Gasteiger partial charge in [-0.25, -0.2) is 0 Å². The van der Waals surface area contributed by atoms with Crippen molar-refractivity contribution in [1.29, 1.82) is 0 Å². The first kappa shape index (κ1) is 21.7. The lowest BCUT2D eigenvalue weighted by Crippen LogP contribution is -2.63. The molecule has 3 saturated carbocycles.